The number of hydrogen-bond acceptors (Lipinski definition) is 2. The number of anilines is 1. The number of rotatable bonds is 5. The van der Waals surface area contributed by atoms with Crippen molar-refractivity contribution in [3.63, 3.8) is 0 Å². The van der Waals surface area contributed by atoms with E-state index in [4.69, 9.17) is 0 Å². The lowest BCUT2D eigenvalue weighted by molar-refractivity contribution is 0.0938. The first-order chi connectivity index (χ1) is 12.6. The van der Waals surface area contributed by atoms with E-state index in [1.54, 1.807) is 24.3 Å². The van der Waals surface area contributed by atoms with E-state index >= 15 is 0 Å². The van der Waals surface area contributed by atoms with Crippen LogP contribution in [0.5, 0.6) is 0 Å². The number of carbonyl (C=O) groups excluding carboxylic acids is 2. The van der Waals surface area contributed by atoms with Crippen molar-refractivity contribution >= 4 is 17.5 Å². The fourth-order valence-electron chi connectivity index (χ4n) is 3.53. The summed E-state index contributed by atoms with van der Waals surface area (Å²) < 4.78 is 0. The molecule has 2 aromatic rings. The van der Waals surface area contributed by atoms with Crippen molar-refractivity contribution in [2.24, 2.45) is 0 Å². The second-order valence-electron chi connectivity index (χ2n) is 6.95. The number of aryl methyl sites for hydroxylation is 2. The Labute approximate surface area is 155 Å². The first-order valence-corrected chi connectivity index (χ1v) is 9.39. The number of amides is 2. The largest absolute Gasteiger partial charge is 0.349 e. The molecule has 0 aromatic heterocycles. The van der Waals surface area contributed by atoms with Gasteiger partial charge < -0.3 is 10.6 Å². The quantitative estimate of drug-likeness (QED) is 0.835. The van der Waals surface area contributed by atoms with Crippen molar-refractivity contribution in [2.45, 2.75) is 52.0 Å². The van der Waals surface area contributed by atoms with Crippen LogP contribution in [0.3, 0.4) is 0 Å². The van der Waals surface area contributed by atoms with Gasteiger partial charge in [-0.25, -0.2) is 0 Å². The van der Waals surface area contributed by atoms with Gasteiger partial charge in [0, 0.05) is 22.9 Å². The molecule has 0 atom stereocenters. The number of carbonyl (C=O) groups is 2. The van der Waals surface area contributed by atoms with Crippen LogP contribution in [0.1, 0.15) is 64.4 Å². The third-order valence-electron chi connectivity index (χ3n) is 5.06. The molecule has 0 unspecified atom stereocenters. The van der Waals surface area contributed by atoms with E-state index in [0.717, 1.165) is 36.1 Å². The van der Waals surface area contributed by atoms with Crippen LogP contribution in [0.4, 0.5) is 5.69 Å². The highest BCUT2D eigenvalue weighted by Gasteiger charge is 2.19. The molecule has 0 heterocycles. The van der Waals surface area contributed by atoms with Crippen LogP contribution in [-0.4, -0.2) is 17.9 Å². The number of hydrogen-bond donors (Lipinski definition) is 2. The first-order valence-electron chi connectivity index (χ1n) is 9.39. The molecule has 0 radical (unpaired) electrons. The molecule has 1 saturated carbocycles. The van der Waals surface area contributed by atoms with Crippen LogP contribution in [0.15, 0.2) is 42.5 Å². The zero-order valence-corrected chi connectivity index (χ0v) is 15.5. The summed E-state index contributed by atoms with van der Waals surface area (Å²) in [7, 11) is 0. The summed E-state index contributed by atoms with van der Waals surface area (Å²) in [6.45, 7) is 4.05. The SMILES string of the molecule is CCc1cccc(C)c1NC(=O)c1cccc(C(=O)NC2CCCC2)c1. The Bertz CT molecular complexity index is 808. The van der Waals surface area contributed by atoms with Gasteiger partial charge >= 0.3 is 0 Å². The van der Waals surface area contributed by atoms with E-state index in [2.05, 4.69) is 17.6 Å². The zero-order valence-electron chi connectivity index (χ0n) is 15.5. The molecule has 2 aromatic carbocycles. The van der Waals surface area contributed by atoms with Crippen LogP contribution in [0, 0.1) is 6.92 Å². The molecule has 0 spiro atoms. The third kappa shape index (κ3) is 4.13. The minimum atomic E-state index is -0.190. The molecule has 1 aliphatic carbocycles. The minimum absolute atomic E-state index is 0.100. The highest BCUT2D eigenvalue weighted by atomic mass is 16.2. The summed E-state index contributed by atoms with van der Waals surface area (Å²) in [4.78, 5) is 25.2. The van der Waals surface area contributed by atoms with Crippen LogP contribution < -0.4 is 10.6 Å². The molecule has 2 N–H and O–H groups in total. The Kier molecular flexibility index (Phi) is 5.71. The normalized spacial score (nSPS) is 14.2. The highest BCUT2D eigenvalue weighted by Crippen LogP contribution is 2.22. The van der Waals surface area contributed by atoms with Gasteiger partial charge in [-0.05, 0) is 55.5 Å². The lowest BCUT2D eigenvalue weighted by Crippen LogP contribution is -2.32. The second kappa shape index (κ2) is 8.17. The maximum Gasteiger partial charge on any atom is 0.255 e. The summed E-state index contributed by atoms with van der Waals surface area (Å²) in [5.41, 5.74) is 4.03. The van der Waals surface area contributed by atoms with Crippen LogP contribution in [0.25, 0.3) is 0 Å². The van der Waals surface area contributed by atoms with Crippen molar-refractivity contribution in [1.82, 2.24) is 5.32 Å². The van der Waals surface area contributed by atoms with Gasteiger partial charge in [-0.15, -0.1) is 0 Å². The molecular formula is C22H26N2O2. The van der Waals surface area contributed by atoms with Gasteiger partial charge in [-0.1, -0.05) is 44.0 Å². The lowest BCUT2D eigenvalue weighted by atomic mass is 10.0. The summed E-state index contributed by atoms with van der Waals surface area (Å²) >= 11 is 0. The molecule has 0 aliphatic heterocycles. The van der Waals surface area contributed by atoms with Crippen molar-refractivity contribution in [1.29, 1.82) is 0 Å². The van der Waals surface area contributed by atoms with E-state index in [1.165, 1.54) is 12.8 Å². The minimum Gasteiger partial charge on any atom is -0.349 e. The smallest absolute Gasteiger partial charge is 0.255 e. The zero-order chi connectivity index (χ0) is 18.5. The highest BCUT2D eigenvalue weighted by molar-refractivity contribution is 6.06. The van der Waals surface area contributed by atoms with Crippen LogP contribution in [-0.2, 0) is 6.42 Å². The van der Waals surface area contributed by atoms with E-state index in [9.17, 15) is 9.59 Å². The molecular weight excluding hydrogens is 324 g/mol. The number of para-hydroxylation sites is 1. The molecule has 0 saturated heterocycles. The molecule has 0 bridgehead atoms. The van der Waals surface area contributed by atoms with Crippen LogP contribution >= 0.6 is 0 Å². The molecule has 4 heteroatoms. The van der Waals surface area contributed by atoms with Crippen molar-refractivity contribution in [2.75, 3.05) is 5.32 Å². The Morgan fingerprint density at radius 1 is 1.00 bits per heavy atom. The van der Waals surface area contributed by atoms with Gasteiger partial charge in [0.05, 0.1) is 0 Å². The number of nitrogens with one attached hydrogen (secondary N) is 2. The Morgan fingerprint density at radius 2 is 1.65 bits per heavy atom. The number of benzene rings is 2. The van der Waals surface area contributed by atoms with Crippen molar-refractivity contribution < 1.29 is 9.59 Å². The van der Waals surface area contributed by atoms with E-state index in [-0.39, 0.29) is 17.9 Å². The van der Waals surface area contributed by atoms with E-state index in [1.807, 2.05) is 25.1 Å². The average molecular weight is 350 g/mol. The Morgan fingerprint density at radius 3 is 2.35 bits per heavy atom. The molecule has 1 fully saturated rings. The van der Waals surface area contributed by atoms with E-state index < -0.39 is 0 Å². The maximum atomic E-state index is 12.7. The molecule has 26 heavy (non-hydrogen) atoms. The first kappa shape index (κ1) is 18.2. The topological polar surface area (TPSA) is 58.2 Å². The van der Waals surface area contributed by atoms with Crippen LogP contribution in [0.2, 0.25) is 0 Å². The fourth-order valence-corrected chi connectivity index (χ4v) is 3.53. The molecule has 1 aliphatic rings. The maximum absolute atomic E-state index is 12.7. The van der Waals surface area contributed by atoms with Gasteiger partial charge in [0.15, 0.2) is 0 Å². The van der Waals surface area contributed by atoms with Gasteiger partial charge in [-0.2, -0.15) is 0 Å². The standard InChI is InChI=1S/C22H26N2O2/c1-3-16-9-6-8-15(2)20(16)24-22(26)18-11-7-10-17(14-18)21(25)23-19-12-4-5-13-19/h6-11,14,19H,3-5,12-13H2,1-2H3,(H,23,25)(H,24,26). The predicted molar refractivity (Wildman–Crippen MR) is 105 cm³/mol. The van der Waals surface area contributed by atoms with Crippen molar-refractivity contribution in [3.05, 3.63) is 64.7 Å². The summed E-state index contributed by atoms with van der Waals surface area (Å²) in [5, 5.41) is 6.08. The Hall–Kier alpha value is -2.62. The van der Waals surface area contributed by atoms with Gasteiger partial charge in [0.25, 0.3) is 11.8 Å². The summed E-state index contributed by atoms with van der Waals surface area (Å²) in [6, 6.07) is 13.2. The van der Waals surface area contributed by atoms with Gasteiger partial charge in [-0.3, -0.25) is 9.59 Å². The Balaban J connectivity index is 1.75. The van der Waals surface area contributed by atoms with E-state index in [0.29, 0.717) is 11.1 Å². The molecule has 136 valence electrons. The summed E-state index contributed by atoms with van der Waals surface area (Å²) in [6.07, 6.45) is 5.27. The fraction of sp³-hybridized carbons (Fsp3) is 0.364. The summed E-state index contributed by atoms with van der Waals surface area (Å²) in [5.74, 6) is -0.291. The van der Waals surface area contributed by atoms with Crippen molar-refractivity contribution in [3.8, 4) is 0 Å². The lowest BCUT2D eigenvalue weighted by Gasteiger charge is -2.14. The predicted octanol–water partition coefficient (Wildman–Crippen LogP) is 4.48. The average Bonchev–Trinajstić information content (AvgIpc) is 3.16. The molecule has 2 amide bonds. The van der Waals surface area contributed by atoms with Gasteiger partial charge in [0.2, 0.25) is 0 Å². The van der Waals surface area contributed by atoms with Gasteiger partial charge in [0.1, 0.15) is 0 Å². The monoisotopic (exact) mass is 350 g/mol. The second-order valence-corrected chi connectivity index (χ2v) is 6.95. The molecule has 4 nitrogen and oxygen atoms in total. The third-order valence-corrected chi connectivity index (χ3v) is 5.06. The molecule has 3 rings (SSSR count).